The van der Waals surface area contributed by atoms with Gasteiger partial charge in [-0.05, 0) is 51.1 Å². The molecule has 2 unspecified atom stereocenters. The van der Waals surface area contributed by atoms with Gasteiger partial charge in [0.25, 0.3) is 0 Å². The summed E-state index contributed by atoms with van der Waals surface area (Å²) in [5.41, 5.74) is 0.521. The summed E-state index contributed by atoms with van der Waals surface area (Å²) < 4.78 is 5.22. The number of hydrogen-bond donors (Lipinski definition) is 2. The van der Waals surface area contributed by atoms with Crippen molar-refractivity contribution in [2.45, 2.75) is 57.5 Å². The van der Waals surface area contributed by atoms with Crippen LogP contribution in [0.4, 0.5) is 0 Å². The van der Waals surface area contributed by atoms with E-state index in [2.05, 4.69) is 24.4 Å². The van der Waals surface area contributed by atoms with Gasteiger partial charge in [0.1, 0.15) is 5.75 Å². The summed E-state index contributed by atoms with van der Waals surface area (Å²) in [5, 5.41) is 14.1. The van der Waals surface area contributed by atoms with Crippen molar-refractivity contribution in [3.63, 3.8) is 0 Å². The topological polar surface area (TPSA) is 41.5 Å². The van der Waals surface area contributed by atoms with Crippen LogP contribution in [0, 0.1) is 0 Å². The van der Waals surface area contributed by atoms with Crippen LogP contribution in [0.5, 0.6) is 5.75 Å². The Morgan fingerprint density at radius 1 is 1.24 bits per heavy atom. The van der Waals surface area contributed by atoms with Crippen LogP contribution in [0.1, 0.15) is 57.4 Å². The molecule has 0 saturated heterocycles. The lowest BCUT2D eigenvalue weighted by Gasteiger charge is -2.34. The molecule has 0 aliphatic heterocycles. The normalized spacial score (nSPS) is 15.5. The first-order chi connectivity index (χ1) is 10.0. The maximum Gasteiger partial charge on any atom is 0.118 e. The fourth-order valence-corrected chi connectivity index (χ4v) is 2.87. The molecule has 1 rings (SSSR count). The Balaban J connectivity index is 2.86. The largest absolute Gasteiger partial charge is 0.497 e. The second-order valence-corrected chi connectivity index (χ2v) is 6.03. The lowest BCUT2D eigenvalue weighted by atomic mass is 9.78. The first-order valence-electron chi connectivity index (χ1n) is 8.06. The van der Waals surface area contributed by atoms with Crippen LogP contribution in [0.25, 0.3) is 0 Å². The highest BCUT2D eigenvalue weighted by Crippen LogP contribution is 2.35. The summed E-state index contributed by atoms with van der Waals surface area (Å²) in [6, 6.07) is 8.11. The number of hydrogen-bond acceptors (Lipinski definition) is 3. The van der Waals surface area contributed by atoms with Crippen LogP contribution in [-0.2, 0) is 0 Å². The Bertz CT molecular complexity index is 387. The minimum absolute atomic E-state index is 0.146. The van der Waals surface area contributed by atoms with E-state index in [9.17, 15) is 5.11 Å². The summed E-state index contributed by atoms with van der Waals surface area (Å²) in [5.74, 6) is 1.00. The van der Waals surface area contributed by atoms with Gasteiger partial charge in [-0.15, -0.1) is 0 Å². The second kappa shape index (κ2) is 9.06. The van der Waals surface area contributed by atoms with E-state index in [0.717, 1.165) is 31.6 Å². The second-order valence-electron chi connectivity index (χ2n) is 6.03. The molecule has 120 valence electrons. The number of ether oxygens (including phenoxy) is 1. The molecule has 3 heteroatoms. The van der Waals surface area contributed by atoms with E-state index < -0.39 is 5.60 Å². The molecule has 0 aliphatic carbocycles. The van der Waals surface area contributed by atoms with E-state index >= 15 is 0 Å². The Morgan fingerprint density at radius 2 is 1.90 bits per heavy atom. The number of unbranched alkanes of at least 4 members (excludes halogenated alkanes) is 2. The molecule has 0 amide bonds. The smallest absolute Gasteiger partial charge is 0.118 e. The van der Waals surface area contributed by atoms with Crippen molar-refractivity contribution in [3.8, 4) is 5.75 Å². The number of methoxy groups -OCH3 is 1. The lowest BCUT2D eigenvalue weighted by molar-refractivity contribution is 0.0168. The lowest BCUT2D eigenvalue weighted by Crippen LogP contribution is -2.34. The maximum absolute atomic E-state index is 10.9. The van der Waals surface area contributed by atoms with Gasteiger partial charge in [0.05, 0.1) is 12.7 Å². The zero-order chi connectivity index (χ0) is 15.7. The van der Waals surface area contributed by atoms with Crippen molar-refractivity contribution in [2.75, 3.05) is 20.7 Å². The molecule has 2 atom stereocenters. The third-order valence-corrected chi connectivity index (χ3v) is 4.24. The molecule has 0 fully saturated rings. The SMILES string of the molecule is CCCCCC(C)(O)C(CCNC)c1ccc(OC)cc1. The molecule has 0 aliphatic rings. The summed E-state index contributed by atoms with van der Waals surface area (Å²) >= 11 is 0. The molecule has 2 N–H and O–H groups in total. The van der Waals surface area contributed by atoms with E-state index in [1.807, 2.05) is 26.1 Å². The average Bonchev–Trinajstić information content (AvgIpc) is 2.48. The van der Waals surface area contributed by atoms with Gasteiger partial charge in [0.15, 0.2) is 0 Å². The van der Waals surface area contributed by atoms with Crippen LogP contribution in [0.3, 0.4) is 0 Å². The van der Waals surface area contributed by atoms with Gasteiger partial charge < -0.3 is 15.2 Å². The highest BCUT2D eigenvalue weighted by Gasteiger charge is 2.32. The summed E-state index contributed by atoms with van der Waals surface area (Å²) in [6.07, 6.45) is 5.22. The molecule has 0 saturated carbocycles. The molecule has 1 aromatic carbocycles. The summed E-state index contributed by atoms with van der Waals surface area (Å²) in [6.45, 7) is 5.07. The van der Waals surface area contributed by atoms with Crippen molar-refractivity contribution >= 4 is 0 Å². The average molecular weight is 293 g/mol. The van der Waals surface area contributed by atoms with E-state index in [0.29, 0.717) is 0 Å². The van der Waals surface area contributed by atoms with Gasteiger partial charge >= 0.3 is 0 Å². The quantitative estimate of drug-likeness (QED) is 0.646. The zero-order valence-electron chi connectivity index (χ0n) is 14.0. The van der Waals surface area contributed by atoms with Crippen molar-refractivity contribution in [1.82, 2.24) is 5.32 Å². The van der Waals surface area contributed by atoms with Gasteiger partial charge in [0, 0.05) is 5.92 Å². The molecular weight excluding hydrogens is 262 g/mol. The van der Waals surface area contributed by atoms with E-state index in [-0.39, 0.29) is 5.92 Å². The third-order valence-electron chi connectivity index (χ3n) is 4.24. The molecular formula is C18H31NO2. The van der Waals surface area contributed by atoms with Crippen LogP contribution in [0.2, 0.25) is 0 Å². The first kappa shape index (κ1) is 18.0. The zero-order valence-corrected chi connectivity index (χ0v) is 14.0. The number of rotatable bonds is 10. The maximum atomic E-state index is 10.9. The minimum Gasteiger partial charge on any atom is -0.497 e. The molecule has 21 heavy (non-hydrogen) atoms. The van der Waals surface area contributed by atoms with Crippen molar-refractivity contribution in [2.24, 2.45) is 0 Å². The van der Waals surface area contributed by atoms with Gasteiger partial charge in [-0.3, -0.25) is 0 Å². The van der Waals surface area contributed by atoms with Gasteiger partial charge in [-0.2, -0.15) is 0 Å². The van der Waals surface area contributed by atoms with E-state index in [1.54, 1.807) is 7.11 Å². The van der Waals surface area contributed by atoms with Gasteiger partial charge in [-0.1, -0.05) is 38.3 Å². The molecule has 0 radical (unpaired) electrons. The monoisotopic (exact) mass is 293 g/mol. The van der Waals surface area contributed by atoms with Crippen molar-refractivity contribution in [3.05, 3.63) is 29.8 Å². The van der Waals surface area contributed by atoms with Gasteiger partial charge in [0.2, 0.25) is 0 Å². The molecule has 0 spiro atoms. The number of benzene rings is 1. The van der Waals surface area contributed by atoms with Crippen LogP contribution >= 0.6 is 0 Å². The van der Waals surface area contributed by atoms with Crippen LogP contribution in [-0.4, -0.2) is 31.4 Å². The molecule has 0 aromatic heterocycles. The van der Waals surface area contributed by atoms with Crippen LogP contribution in [0.15, 0.2) is 24.3 Å². The minimum atomic E-state index is -0.666. The fraction of sp³-hybridized carbons (Fsp3) is 0.667. The van der Waals surface area contributed by atoms with E-state index in [4.69, 9.17) is 4.74 Å². The van der Waals surface area contributed by atoms with Crippen LogP contribution < -0.4 is 10.1 Å². The standard InChI is InChI=1S/C18H31NO2/c1-5-6-7-13-18(2,20)17(12-14-19-3)15-8-10-16(21-4)11-9-15/h8-11,17,19-20H,5-7,12-14H2,1-4H3. The number of nitrogens with one attached hydrogen (secondary N) is 1. The fourth-order valence-electron chi connectivity index (χ4n) is 2.87. The van der Waals surface area contributed by atoms with Crippen molar-refractivity contribution < 1.29 is 9.84 Å². The molecule has 0 heterocycles. The van der Waals surface area contributed by atoms with Gasteiger partial charge in [-0.25, -0.2) is 0 Å². The molecule has 0 bridgehead atoms. The Hall–Kier alpha value is -1.06. The van der Waals surface area contributed by atoms with E-state index in [1.165, 1.54) is 18.4 Å². The van der Waals surface area contributed by atoms with Crippen molar-refractivity contribution in [1.29, 1.82) is 0 Å². The highest BCUT2D eigenvalue weighted by atomic mass is 16.5. The molecule has 3 nitrogen and oxygen atoms in total. The summed E-state index contributed by atoms with van der Waals surface area (Å²) in [7, 11) is 3.63. The third kappa shape index (κ3) is 5.68. The predicted octanol–water partition coefficient (Wildman–Crippen LogP) is 3.72. The number of aliphatic hydroxyl groups is 1. The Morgan fingerprint density at radius 3 is 2.43 bits per heavy atom. The molecule has 1 aromatic rings. The predicted molar refractivity (Wildman–Crippen MR) is 89.0 cm³/mol. The Labute approximate surface area is 129 Å². The summed E-state index contributed by atoms with van der Waals surface area (Å²) in [4.78, 5) is 0. The Kier molecular flexibility index (Phi) is 7.76. The highest BCUT2D eigenvalue weighted by molar-refractivity contribution is 5.31. The first-order valence-corrected chi connectivity index (χ1v) is 8.06.